The van der Waals surface area contributed by atoms with Crippen molar-refractivity contribution in [1.29, 1.82) is 0 Å². The molecule has 1 fully saturated rings. The SMILES string of the molecule is Cc1nc(C2(N)CCCSC2)sc1C. The second-order valence-corrected chi connectivity index (χ2v) is 6.28. The molecular formula is C10H16N2S2. The van der Waals surface area contributed by atoms with Crippen molar-refractivity contribution in [1.82, 2.24) is 4.98 Å². The summed E-state index contributed by atoms with van der Waals surface area (Å²) < 4.78 is 0. The Morgan fingerprint density at radius 2 is 2.21 bits per heavy atom. The molecule has 0 aliphatic carbocycles. The van der Waals surface area contributed by atoms with Crippen molar-refractivity contribution < 1.29 is 0 Å². The first-order chi connectivity index (χ1) is 6.62. The van der Waals surface area contributed by atoms with Gasteiger partial charge in [0.2, 0.25) is 0 Å². The molecule has 2 nitrogen and oxygen atoms in total. The highest BCUT2D eigenvalue weighted by Gasteiger charge is 2.33. The Balaban J connectivity index is 2.28. The van der Waals surface area contributed by atoms with Crippen LogP contribution in [0.5, 0.6) is 0 Å². The molecule has 0 amide bonds. The normalized spacial score (nSPS) is 27.9. The first-order valence-corrected chi connectivity index (χ1v) is 6.90. The Kier molecular flexibility index (Phi) is 2.86. The zero-order valence-electron chi connectivity index (χ0n) is 8.67. The fraction of sp³-hybridized carbons (Fsp3) is 0.700. The van der Waals surface area contributed by atoms with Crippen LogP contribution < -0.4 is 5.73 Å². The lowest BCUT2D eigenvalue weighted by atomic mass is 9.98. The second-order valence-electron chi connectivity index (χ2n) is 3.97. The molecule has 0 saturated carbocycles. The molecule has 0 bridgehead atoms. The number of rotatable bonds is 1. The Morgan fingerprint density at radius 3 is 2.71 bits per heavy atom. The van der Waals surface area contributed by atoms with Crippen molar-refractivity contribution in [3.63, 3.8) is 0 Å². The Labute approximate surface area is 93.3 Å². The lowest BCUT2D eigenvalue weighted by molar-refractivity contribution is 0.444. The smallest absolute Gasteiger partial charge is 0.114 e. The molecule has 1 aliphatic rings. The summed E-state index contributed by atoms with van der Waals surface area (Å²) in [6.45, 7) is 4.19. The number of hydrogen-bond acceptors (Lipinski definition) is 4. The summed E-state index contributed by atoms with van der Waals surface area (Å²) in [4.78, 5) is 5.89. The molecule has 78 valence electrons. The van der Waals surface area contributed by atoms with Crippen LogP contribution in [0.4, 0.5) is 0 Å². The van der Waals surface area contributed by atoms with Gasteiger partial charge in [0, 0.05) is 10.6 Å². The van der Waals surface area contributed by atoms with Gasteiger partial charge in [-0.1, -0.05) is 0 Å². The van der Waals surface area contributed by atoms with E-state index in [0.717, 1.165) is 22.9 Å². The van der Waals surface area contributed by atoms with Crippen molar-refractivity contribution in [2.75, 3.05) is 11.5 Å². The minimum absolute atomic E-state index is 0.146. The molecule has 4 heteroatoms. The maximum atomic E-state index is 6.39. The fourth-order valence-corrected chi connectivity index (χ4v) is 3.94. The van der Waals surface area contributed by atoms with E-state index in [1.54, 1.807) is 11.3 Å². The molecule has 1 aromatic heterocycles. The average molecular weight is 228 g/mol. The van der Waals surface area contributed by atoms with Gasteiger partial charge in [-0.2, -0.15) is 11.8 Å². The monoisotopic (exact) mass is 228 g/mol. The highest BCUT2D eigenvalue weighted by atomic mass is 32.2. The van der Waals surface area contributed by atoms with Gasteiger partial charge in [-0.15, -0.1) is 11.3 Å². The largest absolute Gasteiger partial charge is 0.319 e. The van der Waals surface area contributed by atoms with Crippen molar-refractivity contribution in [2.24, 2.45) is 5.73 Å². The van der Waals surface area contributed by atoms with E-state index in [2.05, 4.69) is 18.8 Å². The third-order valence-electron chi connectivity index (χ3n) is 2.73. The molecular weight excluding hydrogens is 212 g/mol. The van der Waals surface area contributed by atoms with Crippen molar-refractivity contribution >= 4 is 23.1 Å². The van der Waals surface area contributed by atoms with Crippen molar-refractivity contribution in [2.45, 2.75) is 32.2 Å². The van der Waals surface area contributed by atoms with E-state index in [4.69, 9.17) is 5.73 Å². The van der Waals surface area contributed by atoms with Crippen LogP contribution in [0, 0.1) is 13.8 Å². The topological polar surface area (TPSA) is 38.9 Å². The average Bonchev–Trinajstić information content (AvgIpc) is 2.49. The summed E-state index contributed by atoms with van der Waals surface area (Å²) in [5.41, 5.74) is 7.39. The second kappa shape index (κ2) is 3.83. The summed E-state index contributed by atoms with van der Waals surface area (Å²) in [7, 11) is 0. The molecule has 1 aromatic rings. The van der Waals surface area contributed by atoms with E-state index >= 15 is 0 Å². The number of aromatic nitrogens is 1. The van der Waals surface area contributed by atoms with Gasteiger partial charge in [0.05, 0.1) is 11.2 Å². The minimum atomic E-state index is -0.146. The van der Waals surface area contributed by atoms with Crippen LogP contribution in [0.3, 0.4) is 0 Å². The van der Waals surface area contributed by atoms with Crippen LogP contribution in [0.2, 0.25) is 0 Å². The van der Waals surface area contributed by atoms with Gasteiger partial charge in [-0.25, -0.2) is 4.98 Å². The Hall–Kier alpha value is -0.0600. The molecule has 1 aliphatic heterocycles. The van der Waals surface area contributed by atoms with Gasteiger partial charge in [0.25, 0.3) is 0 Å². The molecule has 0 spiro atoms. The molecule has 1 unspecified atom stereocenters. The Bertz CT molecular complexity index is 307. The van der Waals surface area contributed by atoms with Gasteiger partial charge < -0.3 is 5.73 Å². The predicted molar refractivity (Wildman–Crippen MR) is 64.0 cm³/mol. The molecule has 1 saturated heterocycles. The van der Waals surface area contributed by atoms with Crippen molar-refractivity contribution in [3.8, 4) is 0 Å². The van der Waals surface area contributed by atoms with Crippen LogP contribution in [0.25, 0.3) is 0 Å². The third kappa shape index (κ3) is 1.83. The van der Waals surface area contributed by atoms with Gasteiger partial charge in [-0.05, 0) is 32.4 Å². The van der Waals surface area contributed by atoms with Gasteiger partial charge in [-0.3, -0.25) is 0 Å². The number of thiazole rings is 1. The van der Waals surface area contributed by atoms with E-state index < -0.39 is 0 Å². The minimum Gasteiger partial charge on any atom is -0.319 e. The molecule has 2 rings (SSSR count). The standard InChI is InChI=1S/C10H16N2S2/c1-7-8(2)14-9(12-7)10(11)4-3-5-13-6-10/h3-6,11H2,1-2H3. The van der Waals surface area contributed by atoms with Crippen LogP contribution in [-0.4, -0.2) is 16.5 Å². The number of nitrogens with two attached hydrogens (primary N) is 1. The molecule has 2 heterocycles. The van der Waals surface area contributed by atoms with Crippen LogP contribution in [-0.2, 0) is 5.54 Å². The molecule has 0 aromatic carbocycles. The quantitative estimate of drug-likeness (QED) is 0.802. The highest BCUT2D eigenvalue weighted by molar-refractivity contribution is 7.99. The third-order valence-corrected chi connectivity index (χ3v) is 5.32. The first-order valence-electron chi connectivity index (χ1n) is 4.93. The number of aryl methyl sites for hydroxylation is 2. The number of hydrogen-bond donors (Lipinski definition) is 1. The van der Waals surface area contributed by atoms with Gasteiger partial charge >= 0.3 is 0 Å². The predicted octanol–water partition coefficient (Wildman–Crippen LogP) is 2.44. The summed E-state index contributed by atoms with van der Waals surface area (Å²) in [5.74, 6) is 2.28. The summed E-state index contributed by atoms with van der Waals surface area (Å²) in [6, 6.07) is 0. The zero-order valence-corrected chi connectivity index (χ0v) is 10.3. The van der Waals surface area contributed by atoms with Crippen LogP contribution in [0.15, 0.2) is 0 Å². The zero-order chi connectivity index (χ0) is 10.2. The van der Waals surface area contributed by atoms with Gasteiger partial charge in [0.15, 0.2) is 0 Å². The number of thioether (sulfide) groups is 1. The van der Waals surface area contributed by atoms with E-state index in [-0.39, 0.29) is 5.54 Å². The molecule has 14 heavy (non-hydrogen) atoms. The highest BCUT2D eigenvalue weighted by Crippen LogP contribution is 2.35. The Morgan fingerprint density at radius 1 is 1.43 bits per heavy atom. The summed E-state index contributed by atoms with van der Waals surface area (Å²) >= 11 is 3.72. The fourth-order valence-electron chi connectivity index (χ4n) is 1.67. The molecule has 2 N–H and O–H groups in total. The molecule has 0 radical (unpaired) electrons. The first kappa shape index (κ1) is 10.5. The van der Waals surface area contributed by atoms with Gasteiger partial charge in [0.1, 0.15) is 5.01 Å². The van der Waals surface area contributed by atoms with Crippen LogP contribution >= 0.6 is 23.1 Å². The maximum absolute atomic E-state index is 6.39. The van der Waals surface area contributed by atoms with E-state index in [1.807, 2.05) is 11.8 Å². The van der Waals surface area contributed by atoms with E-state index in [9.17, 15) is 0 Å². The van der Waals surface area contributed by atoms with E-state index in [1.165, 1.54) is 17.1 Å². The maximum Gasteiger partial charge on any atom is 0.114 e. The summed E-state index contributed by atoms with van der Waals surface area (Å²) in [6.07, 6.45) is 2.31. The lowest BCUT2D eigenvalue weighted by Gasteiger charge is -2.30. The van der Waals surface area contributed by atoms with Crippen LogP contribution in [0.1, 0.15) is 28.4 Å². The lowest BCUT2D eigenvalue weighted by Crippen LogP contribution is -2.41. The number of nitrogens with zero attached hydrogens (tertiary/aromatic N) is 1. The molecule has 1 atom stereocenters. The van der Waals surface area contributed by atoms with Crippen molar-refractivity contribution in [3.05, 3.63) is 15.6 Å². The van der Waals surface area contributed by atoms with E-state index in [0.29, 0.717) is 0 Å². The summed E-state index contributed by atoms with van der Waals surface area (Å²) in [5, 5.41) is 1.14.